The highest BCUT2D eigenvalue weighted by Crippen LogP contribution is 2.33. The maximum absolute atomic E-state index is 10.2. The van der Waals surface area contributed by atoms with Crippen LogP contribution in [0.1, 0.15) is 69.1 Å². The molecule has 1 heteroatoms. The van der Waals surface area contributed by atoms with Crippen LogP contribution in [0.3, 0.4) is 0 Å². The summed E-state index contributed by atoms with van der Waals surface area (Å²) in [5.74, 6) is 1.31. The summed E-state index contributed by atoms with van der Waals surface area (Å²) in [7, 11) is 0. The molecule has 0 amide bonds. The number of aliphatic hydroxyl groups is 1. The van der Waals surface area contributed by atoms with E-state index >= 15 is 0 Å². The molecular formula is C16H24O. The molecule has 1 aliphatic carbocycles. The van der Waals surface area contributed by atoms with Crippen molar-refractivity contribution in [3.63, 3.8) is 0 Å². The van der Waals surface area contributed by atoms with Crippen molar-refractivity contribution in [2.45, 2.75) is 58.0 Å². The second-order valence-electron chi connectivity index (χ2n) is 5.72. The molecule has 0 aromatic heterocycles. The molecule has 0 saturated heterocycles. The van der Waals surface area contributed by atoms with E-state index in [2.05, 4.69) is 38.1 Å². The second-order valence-corrected chi connectivity index (χ2v) is 5.72. The highest BCUT2D eigenvalue weighted by Gasteiger charge is 2.19. The standard InChI is InChI=1S/C16H24O/c1-12(2)14-7-9-15(10-8-14)16(17)11-13-5-3-4-6-13/h7-10,12-13,16-17H,3-6,11H2,1-2H3. The normalized spacial score (nSPS) is 18.8. The Labute approximate surface area is 105 Å². The number of rotatable bonds is 4. The maximum Gasteiger partial charge on any atom is 0.0792 e. The molecule has 1 N–H and O–H groups in total. The van der Waals surface area contributed by atoms with Crippen molar-refractivity contribution in [1.29, 1.82) is 0 Å². The summed E-state index contributed by atoms with van der Waals surface area (Å²) < 4.78 is 0. The smallest absolute Gasteiger partial charge is 0.0792 e. The summed E-state index contributed by atoms with van der Waals surface area (Å²) in [5.41, 5.74) is 2.43. The van der Waals surface area contributed by atoms with E-state index in [1.54, 1.807) is 0 Å². The predicted octanol–water partition coefficient (Wildman–Crippen LogP) is 4.42. The first-order valence-corrected chi connectivity index (χ1v) is 6.94. The molecular weight excluding hydrogens is 208 g/mol. The van der Waals surface area contributed by atoms with Gasteiger partial charge in [-0.2, -0.15) is 0 Å². The van der Waals surface area contributed by atoms with Crippen molar-refractivity contribution in [3.8, 4) is 0 Å². The van der Waals surface area contributed by atoms with Crippen molar-refractivity contribution in [1.82, 2.24) is 0 Å². The van der Waals surface area contributed by atoms with Crippen LogP contribution in [0.15, 0.2) is 24.3 Å². The van der Waals surface area contributed by atoms with E-state index in [1.807, 2.05) is 0 Å². The van der Waals surface area contributed by atoms with Gasteiger partial charge in [-0.3, -0.25) is 0 Å². The Balaban J connectivity index is 1.96. The van der Waals surface area contributed by atoms with Crippen molar-refractivity contribution in [2.75, 3.05) is 0 Å². The van der Waals surface area contributed by atoms with E-state index in [-0.39, 0.29) is 6.10 Å². The Morgan fingerprint density at radius 2 is 1.59 bits per heavy atom. The van der Waals surface area contributed by atoms with E-state index in [0.29, 0.717) is 5.92 Å². The van der Waals surface area contributed by atoms with Crippen LogP contribution < -0.4 is 0 Å². The third-order valence-corrected chi connectivity index (χ3v) is 4.02. The summed E-state index contributed by atoms with van der Waals surface area (Å²) >= 11 is 0. The van der Waals surface area contributed by atoms with Crippen LogP contribution in [0.4, 0.5) is 0 Å². The van der Waals surface area contributed by atoms with Crippen LogP contribution in [0.2, 0.25) is 0 Å². The first kappa shape index (κ1) is 12.6. The van der Waals surface area contributed by atoms with Crippen LogP contribution in [0, 0.1) is 5.92 Å². The maximum atomic E-state index is 10.2. The average Bonchev–Trinajstić information content (AvgIpc) is 2.82. The second kappa shape index (κ2) is 5.68. The van der Waals surface area contributed by atoms with E-state index in [1.165, 1.54) is 31.2 Å². The summed E-state index contributed by atoms with van der Waals surface area (Å²) in [5, 5.41) is 10.2. The van der Waals surface area contributed by atoms with Crippen molar-refractivity contribution in [3.05, 3.63) is 35.4 Å². The molecule has 2 rings (SSSR count). The molecule has 17 heavy (non-hydrogen) atoms. The van der Waals surface area contributed by atoms with Crippen molar-refractivity contribution < 1.29 is 5.11 Å². The molecule has 0 spiro atoms. The fourth-order valence-corrected chi connectivity index (χ4v) is 2.80. The molecule has 0 aliphatic heterocycles. The molecule has 1 aromatic rings. The summed E-state index contributed by atoms with van der Waals surface area (Å²) in [6, 6.07) is 8.49. The van der Waals surface area contributed by atoms with Gasteiger partial charge in [-0.25, -0.2) is 0 Å². The highest BCUT2D eigenvalue weighted by molar-refractivity contribution is 5.26. The molecule has 1 aliphatic rings. The zero-order chi connectivity index (χ0) is 12.3. The molecule has 1 unspecified atom stereocenters. The highest BCUT2D eigenvalue weighted by atomic mass is 16.3. The predicted molar refractivity (Wildman–Crippen MR) is 72.1 cm³/mol. The van der Waals surface area contributed by atoms with Gasteiger partial charge in [0.25, 0.3) is 0 Å². The van der Waals surface area contributed by atoms with Gasteiger partial charge in [-0.15, -0.1) is 0 Å². The first-order valence-electron chi connectivity index (χ1n) is 6.94. The number of aliphatic hydroxyl groups excluding tert-OH is 1. The lowest BCUT2D eigenvalue weighted by molar-refractivity contribution is 0.145. The molecule has 0 bridgehead atoms. The van der Waals surface area contributed by atoms with Crippen LogP contribution in [-0.2, 0) is 0 Å². The fourth-order valence-electron chi connectivity index (χ4n) is 2.80. The van der Waals surface area contributed by atoms with Gasteiger partial charge in [-0.1, -0.05) is 63.8 Å². The number of benzene rings is 1. The Hall–Kier alpha value is -0.820. The summed E-state index contributed by atoms with van der Waals surface area (Å²) in [4.78, 5) is 0. The largest absolute Gasteiger partial charge is 0.388 e. The van der Waals surface area contributed by atoms with Gasteiger partial charge in [0.1, 0.15) is 0 Å². The van der Waals surface area contributed by atoms with E-state index in [4.69, 9.17) is 0 Å². The third kappa shape index (κ3) is 3.32. The molecule has 1 nitrogen and oxygen atoms in total. The minimum atomic E-state index is -0.265. The topological polar surface area (TPSA) is 20.2 Å². The number of hydrogen-bond acceptors (Lipinski definition) is 1. The van der Waals surface area contributed by atoms with E-state index in [9.17, 15) is 5.11 Å². The molecule has 1 fully saturated rings. The number of hydrogen-bond donors (Lipinski definition) is 1. The Morgan fingerprint density at radius 1 is 1.06 bits per heavy atom. The Kier molecular flexibility index (Phi) is 4.22. The molecule has 1 saturated carbocycles. The summed E-state index contributed by atoms with van der Waals surface area (Å²) in [6.07, 6.45) is 6.00. The van der Waals surface area contributed by atoms with Gasteiger partial charge in [-0.05, 0) is 29.4 Å². The van der Waals surface area contributed by atoms with Crippen molar-refractivity contribution >= 4 is 0 Å². The van der Waals surface area contributed by atoms with Gasteiger partial charge in [0.15, 0.2) is 0 Å². The van der Waals surface area contributed by atoms with Gasteiger partial charge >= 0.3 is 0 Å². The SMILES string of the molecule is CC(C)c1ccc(C(O)CC2CCCC2)cc1. The van der Waals surface area contributed by atoms with Crippen molar-refractivity contribution in [2.24, 2.45) is 5.92 Å². The Bertz CT molecular complexity index is 333. The monoisotopic (exact) mass is 232 g/mol. The van der Waals surface area contributed by atoms with Crippen LogP contribution in [0.5, 0.6) is 0 Å². The average molecular weight is 232 g/mol. The lowest BCUT2D eigenvalue weighted by Crippen LogP contribution is -2.04. The van der Waals surface area contributed by atoms with Gasteiger partial charge in [0.05, 0.1) is 6.10 Å². The third-order valence-electron chi connectivity index (χ3n) is 4.02. The quantitative estimate of drug-likeness (QED) is 0.814. The lowest BCUT2D eigenvalue weighted by Gasteiger charge is -2.16. The van der Waals surface area contributed by atoms with Gasteiger partial charge < -0.3 is 5.11 Å². The minimum Gasteiger partial charge on any atom is -0.388 e. The molecule has 1 atom stereocenters. The molecule has 0 radical (unpaired) electrons. The minimum absolute atomic E-state index is 0.265. The van der Waals surface area contributed by atoms with Crippen LogP contribution in [-0.4, -0.2) is 5.11 Å². The Morgan fingerprint density at radius 3 is 2.12 bits per heavy atom. The van der Waals surface area contributed by atoms with Gasteiger partial charge in [0.2, 0.25) is 0 Å². The molecule has 0 heterocycles. The first-order chi connectivity index (χ1) is 8.16. The van der Waals surface area contributed by atoms with E-state index < -0.39 is 0 Å². The van der Waals surface area contributed by atoms with E-state index in [0.717, 1.165) is 17.9 Å². The van der Waals surface area contributed by atoms with Crippen LogP contribution in [0.25, 0.3) is 0 Å². The molecule has 1 aromatic carbocycles. The fraction of sp³-hybridized carbons (Fsp3) is 0.625. The molecule has 94 valence electrons. The zero-order valence-electron chi connectivity index (χ0n) is 11.0. The lowest BCUT2D eigenvalue weighted by atomic mass is 9.94. The zero-order valence-corrected chi connectivity index (χ0v) is 11.0. The van der Waals surface area contributed by atoms with Gasteiger partial charge in [0, 0.05) is 0 Å². The summed E-state index contributed by atoms with van der Waals surface area (Å²) in [6.45, 7) is 4.40. The van der Waals surface area contributed by atoms with Crippen LogP contribution >= 0.6 is 0 Å².